The summed E-state index contributed by atoms with van der Waals surface area (Å²) in [4.78, 5) is 3.83. The smallest absolute Gasteiger partial charge is 0.192 e. The standard InChI is InChI=1S/C13H17ClN6/c1-10(19-7-3-6-15-9-19)13-16-18-20(17-13)12-5-2-4-11(14)8-12/h2,4-5,8,10,15H,3,6-7,9H2,1H3. The first-order chi connectivity index (χ1) is 9.74. The Morgan fingerprint density at radius 3 is 3.05 bits per heavy atom. The van der Waals surface area contributed by atoms with Gasteiger partial charge in [-0.25, -0.2) is 0 Å². The van der Waals surface area contributed by atoms with Gasteiger partial charge in [0.15, 0.2) is 5.82 Å². The number of nitrogens with one attached hydrogen (secondary N) is 1. The monoisotopic (exact) mass is 292 g/mol. The Kier molecular flexibility index (Phi) is 3.95. The van der Waals surface area contributed by atoms with Gasteiger partial charge in [-0.15, -0.1) is 15.0 Å². The van der Waals surface area contributed by atoms with Gasteiger partial charge in [0.1, 0.15) is 0 Å². The molecule has 2 heterocycles. The van der Waals surface area contributed by atoms with E-state index in [2.05, 4.69) is 32.6 Å². The fraction of sp³-hybridized carbons (Fsp3) is 0.462. The van der Waals surface area contributed by atoms with Crippen molar-refractivity contribution >= 4 is 11.6 Å². The maximum Gasteiger partial charge on any atom is 0.192 e. The molecule has 1 fully saturated rings. The van der Waals surface area contributed by atoms with Crippen molar-refractivity contribution in [2.75, 3.05) is 19.8 Å². The molecule has 0 bridgehead atoms. The molecule has 0 spiro atoms. The summed E-state index contributed by atoms with van der Waals surface area (Å²) < 4.78 is 0. The van der Waals surface area contributed by atoms with Crippen molar-refractivity contribution in [3.05, 3.63) is 35.1 Å². The van der Waals surface area contributed by atoms with Gasteiger partial charge in [0.25, 0.3) is 0 Å². The maximum atomic E-state index is 5.98. The Hall–Kier alpha value is -1.50. The molecule has 1 N–H and O–H groups in total. The summed E-state index contributed by atoms with van der Waals surface area (Å²) in [6.45, 7) is 5.10. The Morgan fingerprint density at radius 2 is 2.30 bits per heavy atom. The highest BCUT2D eigenvalue weighted by molar-refractivity contribution is 6.30. The Morgan fingerprint density at radius 1 is 1.40 bits per heavy atom. The molecule has 3 rings (SSSR count). The average Bonchev–Trinajstić information content (AvgIpc) is 2.97. The third-order valence-corrected chi connectivity index (χ3v) is 3.74. The van der Waals surface area contributed by atoms with E-state index in [9.17, 15) is 0 Å². The van der Waals surface area contributed by atoms with E-state index >= 15 is 0 Å². The number of aromatic nitrogens is 4. The van der Waals surface area contributed by atoms with Crippen LogP contribution in [0.15, 0.2) is 24.3 Å². The van der Waals surface area contributed by atoms with Crippen molar-refractivity contribution in [2.24, 2.45) is 0 Å². The summed E-state index contributed by atoms with van der Waals surface area (Å²) in [7, 11) is 0. The summed E-state index contributed by atoms with van der Waals surface area (Å²) in [5.74, 6) is 0.730. The lowest BCUT2D eigenvalue weighted by molar-refractivity contribution is 0.158. The molecule has 1 saturated heterocycles. The molecule has 0 saturated carbocycles. The number of hydrogen-bond acceptors (Lipinski definition) is 5. The zero-order valence-corrected chi connectivity index (χ0v) is 12.1. The summed E-state index contributed by atoms with van der Waals surface area (Å²) >= 11 is 5.98. The predicted octanol–water partition coefficient (Wildman–Crippen LogP) is 1.63. The molecule has 0 radical (unpaired) electrons. The molecule has 1 atom stereocenters. The van der Waals surface area contributed by atoms with Gasteiger partial charge in [-0.1, -0.05) is 17.7 Å². The zero-order chi connectivity index (χ0) is 13.9. The van der Waals surface area contributed by atoms with Gasteiger partial charge >= 0.3 is 0 Å². The van der Waals surface area contributed by atoms with Crippen molar-refractivity contribution in [3.63, 3.8) is 0 Å². The summed E-state index contributed by atoms with van der Waals surface area (Å²) in [6.07, 6.45) is 1.15. The molecule has 0 aliphatic carbocycles. The predicted molar refractivity (Wildman–Crippen MR) is 76.8 cm³/mol. The van der Waals surface area contributed by atoms with Crippen LogP contribution in [0, 0.1) is 0 Å². The largest absolute Gasteiger partial charge is 0.304 e. The lowest BCUT2D eigenvalue weighted by Crippen LogP contribution is -2.43. The van der Waals surface area contributed by atoms with Gasteiger partial charge in [-0.2, -0.15) is 0 Å². The average molecular weight is 293 g/mol. The molecule has 106 valence electrons. The number of halogens is 1. The van der Waals surface area contributed by atoms with Gasteiger partial charge in [0.2, 0.25) is 0 Å². The Balaban J connectivity index is 1.79. The third-order valence-electron chi connectivity index (χ3n) is 3.50. The van der Waals surface area contributed by atoms with E-state index in [1.165, 1.54) is 4.80 Å². The second-order valence-corrected chi connectivity index (χ2v) is 5.35. The van der Waals surface area contributed by atoms with Gasteiger partial charge in [-0.05, 0) is 43.3 Å². The van der Waals surface area contributed by atoms with Crippen LogP contribution in [0.2, 0.25) is 5.02 Å². The quantitative estimate of drug-likeness (QED) is 0.932. The number of benzene rings is 1. The third kappa shape index (κ3) is 2.82. The van der Waals surface area contributed by atoms with E-state index in [0.717, 1.165) is 37.7 Å². The van der Waals surface area contributed by atoms with Crippen molar-refractivity contribution in [2.45, 2.75) is 19.4 Å². The summed E-state index contributed by atoms with van der Waals surface area (Å²) in [5, 5.41) is 16.8. The van der Waals surface area contributed by atoms with Crippen LogP contribution in [0.1, 0.15) is 25.2 Å². The minimum Gasteiger partial charge on any atom is -0.304 e. The molecular formula is C13H17ClN6. The minimum absolute atomic E-state index is 0.149. The molecule has 1 aliphatic heterocycles. The number of nitrogens with zero attached hydrogens (tertiary/aromatic N) is 5. The molecule has 0 amide bonds. The van der Waals surface area contributed by atoms with Crippen molar-refractivity contribution in [3.8, 4) is 5.69 Å². The first-order valence-corrected chi connectivity index (χ1v) is 7.12. The number of hydrogen-bond donors (Lipinski definition) is 1. The summed E-state index contributed by atoms with van der Waals surface area (Å²) in [6, 6.07) is 7.57. The highest BCUT2D eigenvalue weighted by Crippen LogP contribution is 2.18. The Labute approximate surface area is 122 Å². The lowest BCUT2D eigenvalue weighted by atomic mass is 10.2. The van der Waals surface area contributed by atoms with Crippen LogP contribution < -0.4 is 5.32 Å². The van der Waals surface area contributed by atoms with Crippen LogP contribution in [0.5, 0.6) is 0 Å². The number of tetrazole rings is 1. The molecule has 1 unspecified atom stereocenters. The van der Waals surface area contributed by atoms with E-state index in [1.54, 1.807) is 0 Å². The van der Waals surface area contributed by atoms with Gasteiger partial charge in [0, 0.05) is 18.2 Å². The number of rotatable bonds is 3. The van der Waals surface area contributed by atoms with E-state index in [4.69, 9.17) is 11.6 Å². The van der Waals surface area contributed by atoms with E-state index in [0.29, 0.717) is 5.02 Å². The first kappa shape index (κ1) is 13.5. The van der Waals surface area contributed by atoms with Crippen LogP contribution in [-0.2, 0) is 0 Å². The molecule has 7 heteroatoms. The Bertz CT molecular complexity index is 578. The van der Waals surface area contributed by atoms with Crippen molar-refractivity contribution in [1.82, 2.24) is 30.4 Å². The molecule has 1 aliphatic rings. The van der Waals surface area contributed by atoms with Crippen LogP contribution in [0.25, 0.3) is 5.69 Å². The molecule has 2 aromatic rings. The molecule has 1 aromatic carbocycles. The topological polar surface area (TPSA) is 58.9 Å². The molecule has 1 aromatic heterocycles. The van der Waals surface area contributed by atoms with Crippen LogP contribution in [0.4, 0.5) is 0 Å². The summed E-state index contributed by atoms with van der Waals surface area (Å²) in [5.41, 5.74) is 0.820. The van der Waals surface area contributed by atoms with Gasteiger partial charge < -0.3 is 5.32 Å². The normalized spacial score (nSPS) is 18.1. The van der Waals surface area contributed by atoms with Gasteiger partial charge in [-0.3, -0.25) is 4.90 Å². The second kappa shape index (κ2) is 5.87. The van der Waals surface area contributed by atoms with Crippen LogP contribution in [-0.4, -0.2) is 44.9 Å². The van der Waals surface area contributed by atoms with E-state index in [1.807, 2.05) is 24.3 Å². The second-order valence-electron chi connectivity index (χ2n) is 4.92. The van der Waals surface area contributed by atoms with Crippen LogP contribution >= 0.6 is 11.6 Å². The lowest BCUT2D eigenvalue weighted by Gasteiger charge is -2.30. The SMILES string of the molecule is CC(c1nnn(-c2cccc(Cl)c2)n1)N1CCCNC1. The minimum atomic E-state index is 0.149. The van der Waals surface area contributed by atoms with Crippen molar-refractivity contribution < 1.29 is 0 Å². The fourth-order valence-corrected chi connectivity index (χ4v) is 2.49. The molecule has 20 heavy (non-hydrogen) atoms. The van der Waals surface area contributed by atoms with E-state index < -0.39 is 0 Å². The molecular weight excluding hydrogens is 276 g/mol. The van der Waals surface area contributed by atoms with Crippen molar-refractivity contribution in [1.29, 1.82) is 0 Å². The maximum absolute atomic E-state index is 5.98. The zero-order valence-electron chi connectivity index (χ0n) is 11.3. The van der Waals surface area contributed by atoms with Crippen LogP contribution in [0.3, 0.4) is 0 Å². The fourth-order valence-electron chi connectivity index (χ4n) is 2.30. The highest BCUT2D eigenvalue weighted by atomic mass is 35.5. The molecule has 6 nitrogen and oxygen atoms in total. The highest BCUT2D eigenvalue weighted by Gasteiger charge is 2.21. The van der Waals surface area contributed by atoms with Gasteiger partial charge in [0.05, 0.1) is 11.7 Å². The first-order valence-electron chi connectivity index (χ1n) is 6.74. The van der Waals surface area contributed by atoms with E-state index in [-0.39, 0.29) is 6.04 Å².